The van der Waals surface area contributed by atoms with Crippen LogP contribution in [0, 0.1) is 24.5 Å². The van der Waals surface area contributed by atoms with Gasteiger partial charge in [0.2, 0.25) is 0 Å². The number of nitrogens with zero attached hydrogens (tertiary/aromatic N) is 3. The molecule has 1 aromatic heterocycles. The maximum atomic E-state index is 14.6. The molecule has 8 heteroatoms. The number of amidine groups is 1. The first-order chi connectivity index (χ1) is 12.5. The minimum atomic E-state index is -0.935. The van der Waals surface area contributed by atoms with Gasteiger partial charge in [-0.15, -0.1) is 0 Å². The molecule has 3 heterocycles. The van der Waals surface area contributed by atoms with E-state index >= 15 is 0 Å². The number of fused-ring (bicyclic) bond motifs is 1. The van der Waals surface area contributed by atoms with Gasteiger partial charge >= 0.3 is 0 Å². The molecule has 0 spiro atoms. The zero-order valence-corrected chi connectivity index (χ0v) is 15.0. The smallest absolute Gasteiger partial charge is 0.154 e. The molecule has 0 amide bonds. The van der Waals surface area contributed by atoms with E-state index in [1.807, 2.05) is 6.92 Å². The van der Waals surface area contributed by atoms with Crippen molar-refractivity contribution in [3.8, 4) is 0 Å². The molecule has 2 N–H and O–H groups in total. The van der Waals surface area contributed by atoms with Gasteiger partial charge in [-0.3, -0.25) is 0 Å². The summed E-state index contributed by atoms with van der Waals surface area (Å²) in [6.07, 6.45) is 3.96. The summed E-state index contributed by atoms with van der Waals surface area (Å²) in [4.78, 5) is 13.0. The van der Waals surface area contributed by atoms with Gasteiger partial charge in [0, 0.05) is 41.3 Å². The van der Waals surface area contributed by atoms with Crippen LogP contribution in [0.2, 0.25) is 0 Å². The molecule has 1 saturated heterocycles. The number of aliphatic imine (C=N–C) groups is 1. The maximum absolute atomic E-state index is 14.6. The van der Waals surface area contributed by atoms with Crippen LogP contribution < -0.4 is 5.73 Å². The summed E-state index contributed by atoms with van der Waals surface area (Å²) in [7, 11) is 0. The molecule has 1 unspecified atom stereocenters. The number of thioether (sulfide) groups is 1. The second kappa shape index (κ2) is 6.59. The predicted molar refractivity (Wildman–Crippen MR) is 95.7 cm³/mol. The lowest BCUT2D eigenvalue weighted by Crippen LogP contribution is -2.48. The number of halogens is 2. The van der Waals surface area contributed by atoms with Crippen LogP contribution >= 0.6 is 11.8 Å². The number of ether oxygens (including phenoxy) is 1. The van der Waals surface area contributed by atoms with Crippen molar-refractivity contribution in [1.82, 2.24) is 9.97 Å². The molecule has 0 aliphatic carbocycles. The summed E-state index contributed by atoms with van der Waals surface area (Å²) in [5.41, 5.74) is 6.22. The summed E-state index contributed by atoms with van der Waals surface area (Å²) in [5, 5.41) is 0.394. The maximum Gasteiger partial charge on any atom is 0.154 e. The van der Waals surface area contributed by atoms with E-state index in [0.717, 1.165) is 11.6 Å². The monoisotopic (exact) mass is 376 g/mol. The van der Waals surface area contributed by atoms with Crippen LogP contribution in [0.4, 0.5) is 8.78 Å². The van der Waals surface area contributed by atoms with Gasteiger partial charge in [0.1, 0.15) is 23.0 Å². The van der Waals surface area contributed by atoms with E-state index in [-0.39, 0.29) is 18.6 Å². The first-order valence-electron chi connectivity index (χ1n) is 8.32. The van der Waals surface area contributed by atoms with E-state index in [9.17, 15) is 8.78 Å². The molecule has 136 valence electrons. The molecule has 4 rings (SSSR count). The van der Waals surface area contributed by atoms with Crippen LogP contribution in [-0.4, -0.2) is 27.5 Å². The third kappa shape index (κ3) is 2.97. The zero-order chi connectivity index (χ0) is 18.3. The van der Waals surface area contributed by atoms with E-state index in [4.69, 9.17) is 10.5 Å². The molecule has 0 saturated carbocycles. The average molecular weight is 376 g/mol. The number of aryl methyl sites for hydroxylation is 1. The van der Waals surface area contributed by atoms with Crippen molar-refractivity contribution in [2.45, 2.75) is 25.0 Å². The lowest BCUT2D eigenvalue weighted by molar-refractivity contribution is -0.0590. The Labute approximate surface area is 154 Å². The van der Waals surface area contributed by atoms with E-state index in [2.05, 4.69) is 15.0 Å². The largest absolute Gasteiger partial charge is 0.379 e. The minimum Gasteiger partial charge on any atom is -0.379 e. The van der Waals surface area contributed by atoms with Crippen molar-refractivity contribution in [3.05, 3.63) is 59.2 Å². The number of nitrogens with two attached hydrogens (primary N) is 1. The zero-order valence-electron chi connectivity index (χ0n) is 14.2. The van der Waals surface area contributed by atoms with Crippen molar-refractivity contribution in [2.24, 2.45) is 16.6 Å². The van der Waals surface area contributed by atoms with Crippen LogP contribution in [0.3, 0.4) is 0 Å². The second-order valence-corrected chi connectivity index (χ2v) is 7.65. The summed E-state index contributed by atoms with van der Waals surface area (Å²) < 4.78 is 34.0. The molecule has 2 aliphatic rings. The first-order valence-corrected chi connectivity index (χ1v) is 9.30. The lowest BCUT2D eigenvalue weighted by atomic mass is 9.74. The lowest BCUT2D eigenvalue weighted by Gasteiger charge is -2.46. The molecule has 3 atom stereocenters. The third-order valence-corrected chi connectivity index (χ3v) is 5.95. The van der Waals surface area contributed by atoms with Gasteiger partial charge in [-0.25, -0.2) is 23.7 Å². The highest BCUT2D eigenvalue weighted by molar-refractivity contribution is 8.13. The standard InChI is InChI=1S/C18H18F2N4OS/c1-10-22-6-11(7-23-10)16-4-12-8-26-17(21)24-18(12,9-25-16)14-3-2-13(19)5-15(14)20/h2-3,5-7,12,16H,4,8-9H2,1H3,(H2,21,24)/t12-,16?,18-/m0/s1. The Kier molecular flexibility index (Phi) is 4.40. The Balaban J connectivity index is 1.71. The summed E-state index contributed by atoms with van der Waals surface area (Å²) in [6, 6.07) is 3.58. The fourth-order valence-electron chi connectivity index (χ4n) is 3.61. The number of aromatic nitrogens is 2. The van der Waals surface area contributed by atoms with E-state index in [1.165, 1.54) is 23.9 Å². The minimum absolute atomic E-state index is 0.000172. The van der Waals surface area contributed by atoms with Crippen LogP contribution in [0.15, 0.2) is 35.6 Å². The van der Waals surface area contributed by atoms with Crippen molar-refractivity contribution in [2.75, 3.05) is 12.4 Å². The number of rotatable bonds is 2. The molecule has 0 radical (unpaired) electrons. The Bertz CT molecular complexity index is 861. The van der Waals surface area contributed by atoms with Gasteiger partial charge in [0.05, 0.1) is 12.7 Å². The molecule has 5 nitrogen and oxygen atoms in total. The number of hydrogen-bond donors (Lipinski definition) is 1. The predicted octanol–water partition coefficient (Wildman–Crippen LogP) is 3.10. The fourth-order valence-corrected chi connectivity index (χ4v) is 4.62. The molecule has 26 heavy (non-hydrogen) atoms. The summed E-state index contributed by atoms with van der Waals surface area (Å²) in [5.74, 6) is 0.142. The normalized spacial score (nSPS) is 28.3. The molecule has 2 aliphatic heterocycles. The summed E-state index contributed by atoms with van der Waals surface area (Å²) in [6.45, 7) is 1.99. The fraction of sp³-hybridized carbons (Fsp3) is 0.389. The third-order valence-electron chi connectivity index (χ3n) is 4.99. The van der Waals surface area contributed by atoms with Gasteiger partial charge in [0.25, 0.3) is 0 Å². The highest BCUT2D eigenvalue weighted by Crippen LogP contribution is 2.49. The van der Waals surface area contributed by atoms with Gasteiger partial charge in [-0.05, 0) is 19.4 Å². The van der Waals surface area contributed by atoms with Crippen molar-refractivity contribution >= 4 is 16.9 Å². The molecular formula is C18H18F2N4OS. The van der Waals surface area contributed by atoms with Crippen LogP contribution in [0.5, 0.6) is 0 Å². The quantitative estimate of drug-likeness (QED) is 0.872. The van der Waals surface area contributed by atoms with Crippen molar-refractivity contribution < 1.29 is 13.5 Å². The molecule has 2 aromatic rings. The van der Waals surface area contributed by atoms with Crippen molar-refractivity contribution in [1.29, 1.82) is 0 Å². The Morgan fingerprint density at radius 1 is 1.27 bits per heavy atom. The van der Waals surface area contributed by atoms with E-state index in [1.54, 1.807) is 12.4 Å². The Morgan fingerprint density at radius 3 is 2.77 bits per heavy atom. The van der Waals surface area contributed by atoms with Crippen molar-refractivity contribution in [3.63, 3.8) is 0 Å². The molecular weight excluding hydrogens is 358 g/mol. The average Bonchev–Trinajstić information content (AvgIpc) is 2.61. The number of hydrogen-bond acceptors (Lipinski definition) is 6. The molecule has 0 bridgehead atoms. The van der Waals surface area contributed by atoms with Crippen LogP contribution in [0.25, 0.3) is 0 Å². The van der Waals surface area contributed by atoms with Gasteiger partial charge in [0.15, 0.2) is 5.17 Å². The second-order valence-electron chi connectivity index (χ2n) is 6.61. The highest BCUT2D eigenvalue weighted by atomic mass is 32.2. The molecule has 1 fully saturated rings. The Hall–Kier alpha value is -2.06. The first kappa shape index (κ1) is 17.4. The molecule has 1 aromatic carbocycles. The highest BCUT2D eigenvalue weighted by Gasteiger charge is 2.49. The Morgan fingerprint density at radius 2 is 2.04 bits per heavy atom. The van der Waals surface area contributed by atoms with Crippen LogP contribution in [0.1, 0.15) is 29.5 Å². The van der Waals surface area contributed by atoms with Crippen LogP contribution in [-0.2, 0) is 10.3 Å². The van der Waals surface area contributed by atoms with Gasteiger partial charge in [-0.2, -0.15) is 0 Å². The van der Waals surface area contributed by atoms with Gasteiger partial charge < -0.3 is 10.5 Å². The van der Waals surface area contributed by atoms with E-state index < -0.39 is 17.2 Å². The topological polar surface area (TPSA) is 73.4 Å². The SMILES string of the molecule is Cc1ncc(C2C[C@H]3CSC(N)=N[C@@]3(c3ccc(F)cc3F)CO2)cn1. The van der Waals surface area contributed by atoms with Gasteiger partial charge in [-0.1, -0.05) is 17.8 Å². The summed E-state index contributed by atoms with van der Waals surface area (Å²) >= 11 is 1.45. The number of benzene rings is 1. The van der Waals surface area contributed by atoms with E-state index in [0.29, 0.717) is 28.7 Å².